The van der Waals surface area contributed by atoms with Crippen molar-refractivity contribution in [2.75, 3.05) is 0 Å². The standard InChI is InChI=1S/C8H8BrNO3S/c1-4(8(12)13)10-7(11)5-2-3-6(9)14-5/h2-4H,1H3,(H,10,11)(H,12,13)/t4-/m0/s1. The Morgan fingerprint density at radius 1 is 1.57 bits per heavy atom. The highest BCUT2D eigenvalue weighted by molar-refractivity contribution is 9.11. The fourth-order valence-electron chi connectivity index (χ4n) is 0.766. The first-order valence-electron chi connectivity index (χ1n) is 3.79. The van der Waals surface area contributed by atoms with Crippen LogP contribution in [0.3, 0.4) is 0 Å². The molecule has 0 aromatic carbocycles. The Bertz CT molecular complexity index is 363. The predicted molar refractivity (Wildman–Crippen MR) is 56.6 cm³/mol. The Morgan fingerprint density at radius 2 is 2.21 bits per heavy atom. The Kier molecular flexibility index (Phi) is 3.65. The monoisotopic (exact) mass is 277 g/mol. The molecule has 0 unspecified atom stereocenters. The second-order valence-corrected chi connectivity index (χ2v) is 5.10. The van der Waals surface area contributed by atoms with Crippen molar-refractivity contribution in [1.82, 2.24) is 5.32 Å². The molecule has 0 spiro atoms. The number of hydrogen-bond acceptors (Lipinski definition) is 3. The lowest BCUT2D eigenvalue weighted by molar-refractivity contribution is -0.138. The molecule has 0 saturated carbocycles. The molecule has 0 fully saturated rings. The van der Waals surface area contributed by atoms with Crippen LogP contribution in [0.25, 0.3) is 0 Å². The molecule has 0 saturated heterocycles. The predicted octanol–water partition coefficient (Wildman–Crippen LogP) is 1.71. The van der Waals surface area contributed by atoms with Gasteiger partial charge in [0, 0.05) is 0 Å². The van der Waals surface area contributed by atoms with E-state index in [2.05, 4.69) is 21.2 Å². The van der Waals surface area contributed by atoms with Crippen molar-refractivity contribution < 1.29 is 14.7 Å². The van der Waals surface area contributed by atoms with Gasteiger partial charge in [-0.05, 0) is 35.0 Å². The van der Waals surface area contributed by atoms with Crippen LogP contribution in [0.2, 0.25) is 0 Å². The molecular formula is C8H8BrNO3S. The minimum absolute atomic E-state index is 0.365. The van der Waals surface area contributed by atoms with Crippen LogP contribution in [-0.4, -0.2) is 23.0 Å². The maximum absolute atomic E-state index is 11.4. The van der Waals surface area contributed by atoms with E-state index in [9.17, 15) is 9.59 Å². The highest BCUT2D eigenvalue weighted by Crippen LogP contribution is 2.21. The normalized spacial score (nSPS) is 12.1. The molecule has 1 heterocycles. The number of hydrogen-bond donors (Lipinski definition) is 2. The van der Waals surface area contributed by atoms with Crippen LogP contribution >= 0.6 is 27.3 Å². The molecule has 1 atom stereocenters. The van der Waals surface area contributed by atoms with E-state index in [4.69, 9.17) is 5.11 Å². The minimum atomic E-state index is -1.05. The highest BCUT2D eigenvalue weighted by Gasteiger charge is 2.16. The zero-order chi connectivity index (χ0) is 10.7. The molecular weight excluding hydrogens is 270 g/mol. The molecule has 1 amide bonds. The van der Waals surface area contributed by atoms with E-state index in [1.165, 1.54) is 18.3 Å². The molecule has 1 rings (SSSR count). The van der Waals surface area contributed by atoms with E-state index in [-0.39, 0.29) is 5.91 Å². The minimum Gasteiger partial charge on any atom is -0.480 e. The fourth-order valence-corrected chi connectivity index (χ4v) is 2.06. The van der Waals surface area contributed by atoms with Gasteiger partial charge >= 0.3 is 5.97 Å². The van der Waals surface area contributed by atoms with Gasteiger partial charge in [0.15, 0.2) is 0 Å². The molecule has 6 heteroatoms. The molecule has 14 heavy (non-hydrogen) atoms. The third kappa shape index (κ3) is 2.81. The van der Waals surface area contributed by atoms with Gasteiger partial charge in [-0.25, -0.2) is 0 Å². The molecule has 0 aliphatic carbocycles. The van der Waals surface area contributed by atoms with Crippen molar-refractivity contribution in [3.05, 3.63) is 20.8 Å². The van der Waals surface area contributed by atoms with E-state index < -0.39 is 12.0 Å². The van der Waals surface area contributed by atoms with Crippen molar-refractivity contribution in [3.8, 4) is 0 Å². The van der Waals surface area contributed by atoms with E-state index in [1.54, 1.807) is 12.1 Å². The fraction of sp³-hybridized carbons (Fsp3) is 0.250. The van der Waals surface area contributed by atoms with Gasteiger partial charge in [0.05, 0.1) is 8.66 Å². The summed E-state index contributed by atoms with van der Waals surface area (Å²) in [6.45, 7) is 1.42. The number of amides is 1. The average Bonchev–Trinajstić information content (AvgIpc) is 2.51. The van der Waals surface area contributed by atoms with Gasteiger partial charge < -0.3 is 10.4 Å². The lowest BCUT2D eigenvalue weighted by Gasteiger charge is -2.07. The van der Waals surface area contributed by atoms with Gasteiger partial charge in [-0.1, -0.05) is 0 Å². The third-order valence-corrected chi connectivity index (χ3v) is 3.14. The SMILES string of the molecule is C[C@H](NC(=O)c1ccc(Br)s1)C(=O)O. The summed E-state index contributed by atoms with van der Waals surface area (Å²) in [5, 5.41) is 10.9. The number of aliphatic carboxylic acids is 1. The molecule has 76 valence electrons. The summed E-state index contributed by atoms with van der Waals surface area (Å²) in [5.41, 5.74) is 0. The molecule has 0 bridgehead atoms. The number of halogens is 1. The van der Waals surface area contributed by atoms with Gasteiger partial charge in [0.1, 0.15) is 6.04 Å². The lowest BCUT2D eigenvalue weighted by Crippen LogP contribution is -2.37. The third-order valence-electron chi connectivity index (χ3n) is 1.52. The summed E-state index contributed by atoms with van der Waals surface area (Å²) in [5.74, 6) is -1.41. The number of carboxylic acids is 1. The molecule has 0 aliphatic rings. The summed E-state index contributed by atoms with van der Waals surface area (Å²) in [7, 11) is 0. The summed E-state index contributed by atoms with van der Waals surface area (Å²) < 4.78 is 0.839. The first kappa shape index (κ1) is 11.2. The number of nitrogens with one attached hydrogen (secondary N) is 1. The van der Waals surface area contributed by atoms with Crippen LogP contribution in [0, 0.1) is 0 Å². The largest absolute Gasteiger partial charge is 0.480 e. The number of carbonyl (C=O) groups is 2. The van der Waals surface area contributed by atoms with Crippen LogP contribution in [0.5, 0.6) is 0 Å². The van der Waals surface area contributed by atoms with Crippen LogP contribution in [-0.2, 0) is 4.79 Å². The summed E-state index contributed by atoms with van der Waals surface area (Å²) in [6, 6.07) is 2.51. The van der Waals surface area contributed by atoms with Crippen LogP contribution in [0.1, 0.15) is 16.6 Å². The van der Waals surface area contributed by atoms with Crippen LogP contribution < -0.4 is 5.32 Å². The maximum Gasteiger partial charge on any atom is 0.325 e. The smallest absolute Gasteiger partial charge is 0.325 e. The zero-order valence-corrected chi connectivity index (χ0v) is 9.68. The Balaban J connectivity index is 2.63. The molecule has 1 aromatic rings. The lowest BCUT2D eigenvalue weighted by atomic mass is 10.3. The molecule has 0 radical (unpaired) electrons. The van der Waals surface area contributed by atoms with Gasteiger partial charge in [0.2, 0.25) is 0 Å². The summed E-state index contributed by atoms with van der Waals surface area (Å²) >= 11 is 4.48. The molecule has 0 aliphatic heterocycles. The van der Waals surface area contributed by atoms with Crippen molar-refractivity contribution in [3.63, 3.8) is 0 Å². The molecule has 2 N–H and O–H groups in total. The summed E-state index contributed by atoms with van der Waals surface area (Å²) in [4.78, 5) is 22.3. The molecule has 1 aromatic heterocycles. The first-order chi connectivity index (χ1) is 6.50. The topological polar surface area (TPSA) is 66.4 Å². The van der Waals surface area contributed by atoms with Crippen LogP contribution in [0.15, 0.2) is 15.9 Å². The Hall–Kier alpha value is -0.880. The average molecular weight is 278 g/mol. The van der Waals surface area contributed by atoms with Gasteiger partial charge in [-0.2, -0.15) is 0 Å². The maximum atomic E-state index is 11.4. The Labute approximate surface area is 93.1 Å². The molecule has 4 nitrogen and oxygen atoms in total. The van der Waals surface area contributed by atoms with E-state index in [1.807, 2.05) is 0 Å². The van der Waals surface area contributed by atoms with Crippen molar-refractivity contribution in [2.24, 2.45) is 0 Å². The number of rotatable bonds is 3. The first-order valence-corrected chi connectivity index (χ1v) is 5.40. The van der Waals surface area contributed by atoms with Crippen molar-refractivity contribution in [1.29, 1.82) is 0 Å². The van der Waals surface area contributed by atoms with E-state index >= 15 is 0 Å². The van der Waals surface area contributed by atoms with Gasteiger partial charge in [-0.3, -0.25) is 9.59 Å². The second-order valence-electron chi connectivity index (χ2n) is 2.64. The summed E-state index contributed by atoms with van der Waals surface area (Å²) in [6.07, 6.45) is 0. The zero-order valence-electron chi connectivity index (χ0n) is 7.28. The number of carbonyl (C=O) groups excluding carboxylic acids is 1. The van der Waals surface area contributed by atoms with Crippen LogP contribution in [0.4, 0.5) is 0 Å². The van der Waals surface area contributed by atoms with Crippen molar-refractivity contribution >= 4 is 39.1 Å². The number of carboxylic acid groups (broad SMARTS) is 1. The van der Waals surface area contributed by atoms with Gasteiger partial charge in [-0.15, -0.1) is 11.3 Å². The van der Waals surface area contributed by atoms with E-state index in [0.29, 0.717) is 4.88 Å². The van der Waals surface area contributed by atoms with E-state index in [0.717, 1.165) is 3.79 Å². The van der Waals surface area contributed by atoms with Gasteiger partial charge in [0.25, 0.3) is 5.91 Å². The highest BCUT2D eigenvalue weighted by atomic mass is 79.9. The second kappa shape index (κ2) is 4.56. The Morgan fingerprint density at radius 3 is 2.64 bits per heavy atom. The van der Waals surface area contributed by atoms with Crippen molar-refractivity contribution in [2.45, 2.75) is 13.0 Å². The quantitative estimate of drug-likeness (QED) is 0.884. The number of thiophene rings is 1.